The molecule has 0 saturated carbocycles. The summed E-state index contributed by atoms with van der Waals surface area (Å²) < 4.78 is 1.04. The van der Waals surface area contributed by atoms with E-state index in [2.05, 4.69) is 37.6 Å². The average Bonchev–Trinajstić information content (AvgIpc) is 2.08. The van der Waals surface area contributed by atoms with Crippen molar-refractivity contribution in [2.45, 2.75) is 13.0 Å². The number of nitrogens with zero attached hydrogens (tertiary/aromatic N) is 1. The van der Waals surface area contributed by atoms with E-state index < -0.39 is 0 Å². The molecule has 1 aliphatic rings. The molecule has 3 nitrogen and oxygen atoms in total. The van der Waals surface area contributed by atoms with E-state index in [0.29, 0.717) is 0 Å². The molecule has 0 aromatic carbocycles. The van der Waals surface area contributed by atoms with E-state index in [0.717, 1.165) is 36.3 Å². The van der Waals surface area contributed by atoms with Crippen LogP contribution in [0.4, 0.5) is 5.82 Å². The molecule has 0 unspecified atom stereocenters. The minimum atomic E-state index is 0.898. The monoisotopic (exact) mass is 241 g/mol. The van der Waals surface area contributed by atoms with E-state index in [1.54, 1.807) is 0 Å². The molecule has 0 bridgehead atoms. The first-order valence-electron chi connectivity index (χ1n) is 4.45. The third-order valence-electron chi connectivity index (χ3n) is 2.07. The molecule has 70 valence electrons. The fourth-order valence-electron chi connectivity index (χ4n) is 1.42. The van der Waals surface area contributed by atoms with Crippen molar-refractivity contribution in [1.29, 1.82) is 0 Å². The molecule has 0 aliphatic carbocycles. The van der Waals surface area contributed by atoms with Crippen molar-refractivity contribution in [2.75, 3.05) is 18.4 Å². The summed E-state index contributed by atoms with van der Waals surface area (Å²) >= 11 is 3.42. The molecule has 0 atom stereocenters. The lowest BCUT2D eigenvalue weighted by atomic mass is 10.2. The maximum absolute atomic E-state index is 4.32. The molecule has 4 heteroatoms. The van der Waals surface area contributed by atoms with Crippen LogP contribution in [0.2, 0.25) is 0 Å². The second kappa shape index (κ2) is 4.07. The van der Waals surface area contributed by atoms with Gasteiger partial charge in [0.1, 0.15) is 5.82 Å². The van der Waals surface area contributed by atoms with Crippen LogP contribution in [0.15, 0.2) is 16.7 Å². The molecule has 1 aromatic rings. The number of anilines is 1. The van der Waals surface area contributed by atoms with Gasteiger partial charge in [-0.15, -0.1) is 0 Å². The van der Waals surface area contributed by atoms with Gasteiger partial charge in [0, 0.05) is 29.3 Å². The molecule has 2 N–H and O–H groups in total. The SMILES string of the molecule is Brc1cnc2c(c1)CNCCCN2. The van der Waals surface area contributed by atoms with Gasteiger partial charge in [0.05, 0.1) is 0 Å². The van der Waals surface area contributed by atoms with Crippen molar-refractivity contribution in [3.8, 4) is 0 Å². The first-order valence-corrected chi connectivity index (χ1v) is 5.24. The normalized spacial score (nSPS) is 16.7. The van der Waals surface area contributed by atoms with Crippen molar-refractivity contribution in [3.63, 3.8) is 0 Å². The van der Waals surface area contributed by atoms with Gasteiger partial charge < -0.3 is 10.6 Å². The third-order valence-corrected chi connectivity index (χ3v) is 2.51. The van der Waals surface area contributed by atoms with Gasteiger partial charge in [0.2, 0.25) is 0 Å². The van der Waals surface area contributed by atoms with Crippen molar-refractivity contribution in [2.24, 2.45) is 0 Å². The van der Waals surface area contributed by atoms with Crippen LogP contribution in [0.25, 0.3) is 0 Å². The van der Waals surface area contributed by atoms with Crippen molar-refractivity contribution in [1.82, 2.24) is 10.3 Å². The van der Waals surface area contributed by atoms with Crippen LogP contribution in [0.3, 0.4) is 0 Å². The molecule has 0 saturated heterocycles. The second-order valence-corrected chi connectivity index (χ2v) is 4.03. The van der Waals surface area contributed by atoms with Crippen molar-refractivity contribution in [3.05, 3.63) is 22.3 Å². The molecule has 0 fully saturated rings. The lowest BCUT2D eigenvalue weighted by molar-refractivity contribution is 0.649. The Morgan fingerprint density at radius 2 is 2.31 bits per heavy atom. The molecule has 13 heavy (non-hydrogen) atoms. The molecule has 2 rings (SSSR count). The zero-order valence-electron chi connectivity index (χ0n) is 7.31. The fourth-order valence-corrected chi connectivity index (χ4v) is 1.80. The Morgan fingerprint density at radius 3 is 3.23 bits per heavy atom. The highest BCUT2D eigenvalue weighted by Crippen LogP contribution is 2.18. The number of hydrogen-bond donors (Lipinski definition) is 2. The van der Waals surface area contributed by atoms with Crippen molar-refractivity contribution >= 4 is 21.7 Å². The van der Waals surface area contributed by atoms with Gasteiger partial charge in [-0.05, 0) is 35.0 Å². The standard InChI is InChI=1S/C9H12BrN3/c10-8-4-7-5-11-2-1-3-12-9(7)13-6-8/h4,6,11H,1-3,5H2,(H,12,13). The summed E-state index contributed by atoms with van der Waals surface area (Å²) in [6.45, 7) is 2.96. The Balaban J connectivity index is 2.28. The van der Waals surface area contributed by atoms with E-state index in [1.807, 2.05) is 6.20 Å². The molecule has 2 heterocycles. The van der Waals surface area contributed by atoms with Crippen molar-refractivity contribution < 1.29 is 0 Å². The number of pyridine rings is 1. The van der Waals surface area contributed by atoms with E-state index in [1.165, 1.54) is 5.56 Å². The lowest BCUT2D eigenvalue weighted by Gasteiger charge is -2.15. The van der Waals surface area contributed by atoms with Gasteiger partial charge in [-0.25, -0.2) is 4.98 Å². The zero-order valence-corrected chi connectivity index (χ0v) is 8.89. The zero-order chi connectivity index (χ0) is 9.10. The predicted octanol–water partition coefficient (Wildman–Crippen LogP) is 1.75. The molecular weight excluding hydrogens is 230 g/mol. The van der Waals surface area contributed by atoms with Gasteiger partial charge >= 0.3 is 0 Å². The van der Waals surface area contributed by atoms with E-state index in [9.17, 15) is 0 Å². The fraction of sp³-hybridized carbons (Fsp3) is 0.444. The Hall–Kier alpha value is -0.610. The molecule has 0 amide bonds. The van der Waals surface area contributed by atoms with Gasteiger partial charge in [0.25, 0.3) is 0 Å². The van der Waals surface area contributed by atoms with Gasteiger partial charge in [-0.3, -0.25) is 0 Å². The molecule has 1 aliphatic heterocycles. The minimum Gasteiger partial charge on any atom is -0.370 e. The number of nitrogens with one attached hydrogen (secondary N) is 2. The van der Waals surface area contributed by atoms with E-state index in [-0.39, 0.29) is 0 Å². The summed E-state index contributed by atoms with van der Waals surface area (Å²) in [6.07, 6.45) is 2.98. The van der Waals surface area contributed by atoms with Crippen LogP contribution in [-0.4, -0.2) is 18.1 Å². The largest absolute Gasteiger partial charge is 0.370 e. The number of aromatic nitrogens is 1. The van der Waals surface area contributed by atoms with Crippen LogP contribution in [-0.2, 0) is 6.54 Å². The number of fused-ring (bicyclic) bond motifs is 1. The summed E-state index contributed by atoms with van der Waals surface area (Å²) in [5.41, 5.74) is 1.23. The minimum absolute atomic E-state index is 0.898. The van der Waals surface area contributed by atoms with Crippen LogP contribution < -0.4 is 10.6 Å². The molecule has 0 spiro atoms. The van der Waals surface area contributed by atoms with Crippen LogP contribution >= 0.6 is 15.9 Å². The Kier molecular flexibility index (Phi) is 2.80. The third kappa shape index (κ3) is 2.19. The first kappa shape index (κ1) is 8.97. The Labute approximate surface area is 86.1 Å². The smallest absolute Gasteiger partial charge is 0.130 e. The van der Waals surface area contributed by atoms with Crippen LogP contribution in [0.1, 0.15) is 12.0 Å². The topological polar surface area (TPSA) is 37.0 Å². The summed E-state index contributed by atoms with van der Waals surface area (Å²) in [5.74, 6) is 1.01. The summed E-state index contributed by atoms with van der Waals surface area (Å²) in [5, 5.41) is 6.69. The van der Waals surface area contributed by atoms with Crippen LogP contribution in [0.5, 0.6) is 0 Å². The highest BCUT2D eigenvalue weighted by atomic mass is 79.9. The summed E-state index contributed by atoms with van der Waals surface area (Å²) in [4.78, 5) is 4.32. The number of hydrogen-bond acceptors (Lipinski definition) is 3. The maximum atomic E-state index is 4.32. The first-order chi connectivity index (χ1) is 6.36. The van der Waals surface area contributed by atoms with E-state index in [4.69, 9.17) is 0 Å². The highest BCUT2D eigenvalue weighted by Gasteiger charge is 2.06. The maximum Gasteiger partial charge on any atom is 0.130 e. The Morgan fingerprint density at radius 1 is 1.38 bits per heavy atom. The van der Waals surface area contributed by atoms with Gasteiger partial charge in [-0.1, -0.05) is 0 Å². The number of halogens is 1. The Bertz CT molecular complexity index is 301. The quantitative estimate of drug-likeness (QED) is 0.727. The molecule has 1 aromatic heterocycles. The van der Waals surface area contributed by atoms with Gasteiger partial charge in [-0.2, -0.15) is 0 Å². The molecule has 0 radical (unpaired) electrons. The van der Waals surface area contributed by atoms with E-state index >= 15 is 0 Å². The second-order valence-electron chi connectivity index (χ2n) is 3.12. The summed E-state index contributed by atoms with van der Waals surface area (Å²) in [6, 6.07) is 2.10. The lowest BCUT2D eigenvalue weighted by Crippen LogP contribution is -2.22. The predicted molar refractivity (Wildman–Crippen MR) is 56.8 cm³/mol. The number of rotatable bonds is 0. The average molecular weight is 242 g/mol. The van der Waals surface area contributed by atoms with Crippen LogP contribution in [0, 0.1) is 0 Å². The van der Waals surface area contributed by atoms with Gasteiger partial charge in [0.15, 0.2) is 0 Å². The highest BCUT2D eigenvalue weighted by molar-refractivity contribution is 9.10. The molecular formula is C9H12BrN3. The summed E-state index contributed by atoms with van der Waals surface area (Å²) in [7, 11) is 0.